The molecule has 1 rings (SSSR count). The number of carboxylic acid groups (broad SMARTS) is 1. The molecule has 1 aromatic rings. The van der Waals surface area contributed by atoms with Crippen LogP contribution >= 0.6 is 0 Å². The monoisotopic (exact) mass is 265 g/mol. The van der Waals surface area contributed by atoms with Crippen molar-refractivity contribution >= 4 is 11.9 Å². The zero-order valence-electron chi connectivity index (χ0n) is 11.2. The number of carbonyl (C=O) groups excluding carboxylic acids is 1. The Labute approximate surface area is 112 Å². The molecule has 104 valence electrons. The van der Waals surface area contributed by atoms with Crippen LogP contribution < -0.4 is 5.32 Å². The summed E-state index contributed by atoms with van der Waals surface area (Å²) >= 11 is 0. The van der Waals surface area contributed by atoms with Crippen LogP contribution in [0.25, 0.3) is 0 Å². The van der Waals surface area contributed by atoms with Gasteiger partial charge in [-0.3, -0.25) is 4.79 Å². The van der Waals surface area contributed by atoms with Crippen molar-refractivity contribution in [3.63, 3.8) is 0 Å². The van der Waals surface area contributed by atoms with Gasteiger partial charge in [-0.25, -0.2) is 4.79 Å². The molecule has 0 aliphatic carbocycles. The highest BCUT2D eigenvalue weighted by molar-refractivity contribution is 5.96. The Balaban J connectivity index is 2.68. The van der Waals surface area contributed by atoms with E-state index in [9.17, 15) is 9.59 Å². The summed E-state index contributed by atoms with van der Waals surface area (Å²) < 4.78 is 4.98. The number of nitrogens with one attached hydrogen (secondary N) is 1. The minimum absolute atomic E-state index is 0.371. The lowest BCUT2D eigenvalue weighted by Crippen LogP contribution is -2.40. The minimum atomic E-state index is -1.01. The number of hydrogen-bond acceptors (Lipinski definition) is 3. The van der Waals surface area contributed by atoms with E-state index in [1.807, 2.05) is 6.92 Å². The number of carbonyl (C=O) groups is 2. The molecule has 0 spiro atoms. The molecule has 0 radical (unpaired) electrons. The van der Waals surface area contributed by atoms with E-state index < -0.39 is 12.0 Å². The molecule has 5 nitrogen and oxygen atoms in total. The molecule has 0 saturated carbocycles. The summed E-state index contributed by atoms with van der Waals surface area (Å²) in [7, 11) is 1.60. The first kappa shape index (κ1) is 15.2. The molecular weight excluding hydrogens is 246 g/mol. The fraction of sp³-hybridized carbons (Fsp3) is 0.429. The Kier molecular flexibility index (Phi) is 6.02. The Morgan fingerprint density at radius 2 is 1.95 bits per heavy atom. The molecule has 1 atom stereocenters. The van der Waals surface area contributed by atoms with Gasteiger partial charge in [0, 0.05) is 12.7 Å². The van der Waals surface area contributed by atoms with Crippen LogP contribution in [0.2, 0.25) is 0 Å². The predicted molar refractivity (Wildman–Crippen MR) is 71.0 cm³/mol. The van der Waals surface area contributed by atoms with Crippen molar-refractivity contribution in [2.24, 2.45) is 0 Å². The van der Waals surface area contributed by atoms with E-state index >= 15 is 0 Å². The van der Waals surface area contributed by atoms with Crippen molar-refractivity contribution in [1.29, 1.82) is 0 Å². The summed E-state index contributed by atoms with van der Waals surface area (Å²) in [6.45, 7) is 2.36. The minimum Gasteiger partial charge on any atom is -0.480 e. The summed E-state index contributed by atoms with van der Waals surface area (Å²) in [5.74, 6) is -1.38. The Morgan fingerprint density at radius 3 is 2.42 bits per heavy atom. The van der Waals surface area contributed by atoms with Gasteiger partial charge in [-0.1, -0.05) is 25.5 Å². The van der Waals surface area contributed by atoms with E-state index in [0.29, 0.717) is 25.0 Å². The third-order valence-electron chi connectivity index (χ3n) is 2.71. The fourth-order valence-electron chi connectivity index (χ4n) is 1.71. The maximum absolute atomic E-state index is 11.9. The second-order valence-electron chi connectivity index (χ2n) is 4.28. The van der Waals surface area contributed by atoms with Crippen molar-refractivity contribution in [3.8, 4) is 0 Å². The second kappa shape index (κ2) is 7.53. The number of hydrogen-bond donors (Lipinski definition) is 2. The maximum atomic E-state index is 11.9. The first-order valence-electron chi connectivity index (χ1n) is 6.20. The average Bonchev–Trinajstić information content (AvgIpc) is 2.39. The van der Waals surface area contributed by atoms with Crippen molar-refractivity contribution in [3.05, 3.63) is 35.4 Å². The van der Waals surface area contributed by atoms with Crippen LogP contribution in [0.1, 0.15) is 35.7 Å². The van der Waals surface area contributed by atoms with Crippen molar-refractivity contribution in [2.45, 2.75) is 32.4 Å². The summed E-state index contributed by atoms with van der Waals surface area (Å²) in [5, 5.41) is 11.5. The van der Waals surface area contributed by atoms with Crippen molar-refractivity contribution in [2.75, 3.05) is 7.11 Å². The summed E-state index contributed by atoms with van der Waals surface area (Å²) in [6.07, 6.45) is 1.12. The van der Waals surface area contributed by atoms with Crippen LogP contribution in [0.3, 0.4) is 0 Å². The van der Waals surface area contributed by atoms with E-state index in [0.717, 1.165) is 5.56 Å². The van der Waals surface area contributed by atoms with Crippen LogP contribution in [0.5, 0.6) is 0 Å². The first-order chi connectivity index (χ1) is 9.08. The van der Waals surface area contributed by atoms with Gasteiger partial charge in [0.15, 0.2) is 0 Å². The molecule has 0 aromatic heterocycles. The van der Waals surface area contributed by atoms with Gasteiger partial charge in [-0.15, -0.1) is 0 Å². The normalized spacial score (nSPS) is 11.9. The lowest BCUT2D eigenvalue weighted by molar-refractivity contribution is -0.139. The third kappa shape index (κ3) is 4.71. The average molecular weight is 265 g/mol. The molecule has 0 aliphatic heterocycles. The summed E-state index contributed by atoms with van der Waals surface area (Å²) in [4.78, 5) is 22.9. The number of methoxy groups -OCH3 is 1. The number of ether oxygens (including phenoxy) is 1. The van der Waals surface area contributed by atoms with Gasteiger partial charge in [0.2, 0.25) is 0 Å². The zero-order chi connectivity index (χ0) is 14.3. The van der Waals surface area contributed by atoms with E-state index in [1.165, 1.54) is 0 Å². The molecule has 19 heavy (non-hydrogen) atoms. The molecule has 1 aromatic carbocycles. The van der Waals surface area contributed by atoms with Crippen molar-refractivity contribution in [1.82, 2.24) is 5.32 Å². The smallest absolute Gasteiger partial charge is 0.326 e. The lowest BCUT2D eigenvalue weighted by atomic mass is 10.1. The zero-order valence-corrected chi connectivity index (χ0v) is 11.2. The van der Waals surface area contributed by atoms with Gasteiger partial charge in [0.05, 0.1) is 6.61 Å². The van der Waals surface area contributed by atoms with Gasteiger partial charge in [-0.05, 0) is 24.1 Å². The molecule has 5 heteroatoms. The van der Waals surface area contributed by atoms with E-state index in [2.05, 4.69) is 5.32 Å². The van der Waals surface area contributed by atoms with Crippen LogP contribution in [0.4, 0.5) is 0 Å². The summed E-state index contributed by atoms with van der Waals surface area (Å²) in [6, 6.07) is 6.06. The van der Waals surface area contributed by atoms with Gasteiger partial charge >= 0.3 is 5.97 Å². The number of amides is 1. The third-order valence-corrected chi connectivity index (χ3v) is 2.71. The van der Waals surface area contributed by atoms with Crippen molar-refractivity contribution < 1.29 is 19.4 Å². The van der Waals surface area contributed by atoms with E-state index in [4.69, 9.17) is 9.84 Å². The number of rotatable bonds is 7. The SMILES string of the molecule is CCC[C@H](NC(=O)c1ccc(COC)cc1)C(=O)O. The van der Waals surface area contributed by atoms with E-state index in [-0.39, 0.29) is 5.91 Å². The molecule has 0 unspecified atom stereocenters. The lowest BCUT2D eigenvalue weighted by Gasteiger charge is -2.13. The molecule has 1 amide bonds. The Morgan fingerprint density at radius 1 is 1.32 bits per heavy atom. The number of aliphatic carboxylic acids is 1. The largest absolute Gasteiger partial charge is 0.480 e. The van der Waals surface area contributed by atoms with Gasteiger partial charge in [0.1, 0.15) is 6.04 Å². The van der Waals surface area contributed by atoms with Crippen LogP contribution in [0.15, 0.2) is 24.3 Å². The first-order valence-corrected chi connectivity index (χ1v) is 6.20. The Bertz CT molecular complexity index is 428. The highest BCUT2D eigenvalue weighted by atomic mass is 16.5. The highest BCUT2D eigenvalue weighted by Crippen LogP contribution is 2.07. The standard InChI is InChI=1S/C14H19NO4/c1-3-4-12(14(17)18)15-13(16)11-7-5-10(6-8-11)9-19-2/h5-8,12H,3-4,9H2,1-2H3,(H,15,16)(H,17,18)/t12-/m0/s1. The molecule has 2 N–H and O–H groups in total. The number of benzene rings is 1. The highest BCUT2D eigenvalue weighted by Gasteiger charge is 2.19. The molecule has 0 saturated heterocycles. The maximum Gasteiger partial charge on any atom is 0.326 e. The molecule has 0 aliphatic rings. The predicted octanol–water partition coefficient (Wildman–Crippen LogP) is 1.82. The summed E-state index contributed by atoms with van der Waals surface area (Å²) in [5.41, 5.74) is 1.41. The topological polar surface area (TPSA) is 75.6 Å². The quantitative estimate of drug-likeness (QED) is 0.788. The van der Waals surface area contributed by atoms with E-state index in [1.54, 1.807) is 31.4 Å². The second-order valence-corrected chi connectivity index (χ2v) is 4.28. The fourth-order valence-corrected chi connectivity index (χ4v) is 1.71. The molecule has 0 bridgehead atoms. The molecule has 0 fully saturated rings. The molecular formula is C14H19NO4. The van der Waals surface area contributed by atoms with Crippen LogP contribution in [-0.4, -0.2) is 30.1 Å². The van der Waals surface area contributed by atoms with Gasteiger partial charge < -0.3 is 15.2 Å². The Hall–Kier alpha value is -1.88. The van der Waals surface area contributed by atoms with Gasteiger partial charge in [0.25, 0.3) is 5.91 Å². The van der Waals surface area contributed by atoms with Crippen LogP contribution in [-0.2, 0) is 16.1 Å². The number of carboxylic acids is 1. The van der Waals surface area contributed by atoms with Crippen LogP contribution in [0, 0.1) is 0 Å². The van der Waals surface area contributed by atoms with Gasteiger partial charge in [-0.2, -0.15) is 0 Å². The molecule has 0 heterocycles.